The van der Waals surface area contributed by atoms with Crippen LogP contribution >= 0.6 is 22.9 Å². The minimum absolute atomic E-state index is 0.229. The van der Waals surface area contributed by atoms with E-state index in [2.05, 4.69) is 3.53 Å². The molecule has 6 heteroatoms. The van der Waals surface area contributed by atoms with Crippen LogP contribution in [0.5, 0.6) is 0 Å². The van der Waals surface area contributed by atoms with Gasteiger partial charge >= 0.3 is 0 Å². The Morgan fingerprint density at radius 2 is 2.00 bits per heavy atom. The minimum Gasteiger partial charge on any atom is -0.285 e. The number of halogens is 1. The number of rotatable bonds is 3. The highest BCUT2D eigenvalue weighted by Gasteiger charge is 2.31. The Morgan fingerprint density at radius 1 is 1.60 bits per heavy atom. The van der Waals surface area contributed by atoms with E-state index in [-0.39, 0.29) is 6.54 Å². The van der Waals surface area contributed by atoms with Gasteiger partial charge in [0.2, 0.25) is 0 Å². The highest BCUT2D eigenvalue weighted by Crippen LogP contribution is 2.13. The summed E-state index contributed by atoms with van der Waals surface area (Å²) in [4.78, 5) is 0. The number of hydrogen-bond donors (Lipinski definition) is 2. The molecule has 10 heavy (non-hydrogen) atoms. The minimum atomic E-state index is -3.93. The van der Waals surface area contributed by atoms with E-state index in [0.29, 0.717) is 0 Å². The summed E-state index contributed by atoms with van der Waals surface area (Å²) in [6.45, 7) is 3.13. The van der Waals surface area contributed by atoms with E-state index in [1.807, 2.05) is 22.9 Å². The summed E-state index contributed by atoms with van der Waals surface area (Å²) >= 11 is 1.83. The lowest BCUT2D eigenvalue weighted by molar-refractivity contribution is 0.442. The van der Waals surface area contributed by atoms with Crippen molar-refractivity contribution in [2.75, 3.05) is 6.54 Å². The third-order valence-electron chi connectivity index (χ3n) is 1.19. The van der Waals surface area contributed by atoms with Crippen molar-refractivity contribution in [2.24, 2.45) is 0 Å². The van der Waals surface area contributed by atoms with Crippen LogP contribution in [0.25, 0.3) is 0 Å². The Hall–Kier alpha value is 0.600. The zero-order valence-corrected chi connectivity index (χ0v) is 8.73. The van der Waals surface area contributed by atoms with Crippen molar-refractivity contribution < 1.29 is 13.0 Å². The molecule has 4 nitrogen and oxygen atoms in total. The van der Waals surface area contributed by atoms with Gasteiger partial charge in [0, 0.05) is 29.4 Å². The molecule has 0 aromatic heterocycles. The van der Waals surface area contributed by atoms with Gasteiger partial charge in [-0.25, -0.2) is 0 Å². The van der Waals surface area contributed by atoms with Crippen LogP contribution in [0.15, 0.2) is 0 Å². The molecule has 0 spiro atoms. The van der Waals surface area contributed by atoms with Gasteiger partial charge < -0.3 is 0 Å². The van der Waals surface area contributed by atoms with Crippen molar-refractivity contribution >= 4 is 33.0 Å². The molecule has 0 saturated carbocycles. The van der Waals surface area contributed by atoms with E-state index in [0.717, 1.165) is 0 Å². The fraction of sp³-hybridized carbons (Fsp3) is 1.00. The van der Waals surface area contributed by atoms with E-state index < -0.39 is 14.9 Å². The first-order valence-corrected chi connectivity index (χ1v) is 5.13. The Labute approximate surface area is 74.6 Å². The van der Waals surface area contributed by atoms with Crippen LogP contribution in [0.2, 0.25) is 0 Å². The standard InChI is InChI=1S/C4H10INO3S/c1-4(2,3-6-5)10(7,8)9/h6H,3H2,1-2H3,(H,7,8,9). The lowest BCUT2D eigenvalue weighted by Crippen LogP contribution is -2.39. The van der Waals surface area contributed by atoms with Gasteiger partial charge in [-0.05, 0) is 13.8 Å². The predicted octanol–water partition coefficient (Wildman–Crippen LogP) is 0.592. The molecule has 0 aliphatic heterocycles. The van der Waals surface area contributed by atoms with Crippen LogP contribution in [0, 0.1) is 0 Å². The predicted molar refractivity (Wildman–Crippen MR) is 47.7 cm³/mol. The monoisotopic (exact) mass is 279 g/mol. The molecule has 0 aliphatic rings. The van der Waals surface area contributed by atoms with Crippen LogP contribution < -0.4 is 3.53 Å². The Kier molecular flexibility index (Phi) is 3.53. The summed E-state index contributed by atoms with van der Waals surface area (Å²) in [6, 6.07) is 0. The van der Waals surface area contributed by atoms with Gasteiger partial charge in [-0.2, -0.15) is 8.42 Å². The molecule has 0 rings (SSSR count). The first-order chi connectivity index (χ1) is 4.31. The first kappa shape index (κ1) is 10.6. The van der Waals surface area contributed by atoms with Gasteiger partial charge in [0.25, 0.3) is 10.1 Å². The van der Waals surface area contributed by atoms with Crippen LogP contribution in [-0.4, -0.2) is 24.3 Å². The lowest BCUT2D eigenvalue weighted by Gasteiger charge is -2.18. The molecule has 2 N–H and O–H groups in total. The normalized spacial score (nSPS) is 13.6. The summed E-state index contributed by atoms with van der Waals surface area (Å²) < 4.78 is 31.3. The first-order valence-electron chi connectivity index (χ1n) is 2.62. The van der Waals surface area contributed by atoms with E-state index in [1.54, 1.807) is 0 Å². The highest BCUT2D eigenvalue weighted by molar-refractivity contribution is 14.1. The van der Waals surface area contributed by atoms with Crippen LogP contribution in [0.3, 0.4) is 0 Å². The average molecular weight is 279 g/mol. The molecule has 0 heterocycles. The molecule has 0 aromatic carbocycles. The van der Waals surface area contributed by atoms with Crippen LogP contribution in [0.4, 0.5) is 0 Å². The second kappa shape index (κ2) is 3.33. The third-order valence-corrected chi connectivity index (χ3v) is 3.11. The van der Waals surface area contributed by atoms with E-state index in [9.17, 15) is 8.42 Å². The summed E-state index contributed by atoms with van der Waals surface area (Å²) in [5, 5.41) is 0. The fourth-order valence-corrected chi connectivity index (χ4v) is 1.72. The maximum Gasteiger partial charge on any atom is 0.271 e. The maximum atomic E-state index is 10.6. The Balaban J connectivity index is 4.42. The Bertz CT molecular complexity index is 199. The summed E-state index contributed by atoms with van der Waals surface area (Å²) in [5.74, 6) is 0. The lowest BCUT2D eigenvalue weighted by atomic mass is 10.2. The van der Waals surface area contributed by atoms with Crippen molar-refractivity contribution in [3.05, 3.63) is 0 Å². The highest BCUT2D eigenvalue weighted by atomic mass is 127. The molecular weight excluding hydrogens is 269 g/mol. The summed E-state index contributed by atoms with van der Waals surface area (Å²) in [5.41, 5.74) is 0. The second-order valence-electron chi connectivity index (χ2n) is 2.55. The van der Waals surface area contributed by atoms with Crippen molar-refractivity contribution in [3.8, 4) is 0 Å². The zero-order chi connectivity index (χ0) is 8.41. The van der Waals surface area contributed by atoms with Crippen molar-refractivity contribution in [1.82, 2.24) is 3.53 Å². The van der Waals surface area contributed by atoms with E-state index >= 15 is 0 Å². The Morgan fingerprint density at radius 3 is 2.10 bits per heavy atom. The van der Waals surface area contributed by atoms with Crippen molar-refractivity contribution in [1.29, 1.82) is 0 Å². The molecule has 0 saturated heterocycles. The summed E-state index contributed by atoms with van der Waals surface area (Å²) in [7, 11) is -3.93. The maximum absolute atomic E-state index is 10.6. The molecule has 0 unspecified atom stereocenters. The molecule has 62 valence electrons. The van der Waals surface area contributed by atoms with Gasteiger partial charge in [0.1, 0.15) is 4.75 Å². The average Bonchev–Trinajstić information content (AvgIpc) is 1.61. The van der Waals surface area contributed by atoms with Gasteiger partial charge in [-0.15, -0.1) is 0 Å². The summed E-state index contributed by atoms with van der Waals surface area (Å²) in [6.07, 6.45) is 0. The molecule has 0 atom stereocenters. The molecule has 0 bridgehead atoms. The molecule has 0 aliphatic carbocycles. The quantitative estimate of drug-likeness (QED) is 0.451. The van der Waals surface area contributed by atoms with Crippen molar-refractivity contribution in [2.45, 2.75) is 18.6 Å². The van der Waals surface area contributed by atoms with Crippen molar-refractivity contribution in [3.63, 3.8) is 0 Å². The van der Waals surface area contributed by atoms with Gasteiger partial charge in [0.15, 0.2) is 0 Å². The second-order valence-corrected chi connectivity index (χ2v) is 5.36. The third kappa shape index (κ3) is 2.69. The van der Waals surface area contributed by atoms with Gasteiger partial charge in [-0.1, -0.05) is 0 Å². The van der Waals surface area contributed by atoms with E-state index in [1.165, 1.54) is 13.8 Å². The smallest absolute Gasteiger partial charge is 0.271 e. The number of hydrogen-bond acceptors (Lipinski definition) is 3. The zero-order valence-electron chi connectivity index (χ0n) is 5.76. The largest absolute Gasteiger partial charge is 0.285 e. The van der Waals surface area contributed by atoms with Crippen LogP contribution in [-0.2, 0) is 10.1 Å². The topological polar surface area (TPSA) is 66.4 Å². The fourth-order valence-electron chi connectivity index (χ4n) is 0.252. The number of nitrogens with one attached hydrogen (secondary N) is 1. The van der Waals surface area contributed by atoms with Crippen LogP contribution in [0.1, 0.15) is 13.8 Å². The molecule has 0 fully saturated rings. The van der Waals surface area contributed by atoms with Gasteiger partial charge in [0.05, 0.1) is 0 Å². The molecular formula is C4H10INO3S. The SMILES string of the molecule is CC(C)(CNI)S(=O)(=O)O. The molecule has 0 aromatic rings. The van der Waals surface area contributed by atoms with Gasteiger partial charge in [-0.3, -0.25) is 8.08 Å². The van der Waals surface area contributed by atoms with E-state index in [4.69, 9.17) is 4.55 Å². The molecule has 0 radical (unpaired) electrons. The molecule has 0 amide bonds.